The van der Waals surface area contributed by atoms with Crippen LogP contribution >= 0.6 is 66.4 Å². The van der Waals surface area contributed by atoms with Gasteiger partial charge in [-0.3, -0.25) is 9.59 Å². The molecule has 4 aromatic rings. The zero-order valence-corrected chi connectivity index (χ0v) is 25.1. The molecule has 0 spiro atoms. The Hall–Kier alpha value is -2.76. The SMILES string of the molecule is Cc1nc(-c2ccc(C(=O)N/N=C/c3cc(Br)c(OCC(=O)Nc4ccc(Cl)c(Cl)c4)c(Br)c3)cc2)cs1. The van der Waals surface area contributed by atoms with E-state index in [1.54, 1.807) is 53.8 Å². The number of nitrogens with zero attached hydrogens (tertiary/aromatic N) is 2. The van der Waals surface area contributed by atoms with E-state index in [0.29, 0.717) is 41.6 Å². The van der Waals surface area contributed by atoms with E-state index < -0.39 is 0 Å². The molecule has 0 atom stereocenters. The van der Waals surface area contributed by atoms with Crippen molar-refractivity contribution in [1.82, 2.24) is 10.4 Å². The number of hydrogen-bond donors (Lipinski definition) is 2. The van der Waals surface area contributed by atoms with Gasteiger partial charge in [0, 0.05) is 22.2 Å². The van der Waals surface area contributed by atoms with Crippen molar-refractivity contribution in [3.63, 3.8) is 0 Å². The summed E-state index contributed by atoms with van der Waals surface area (Å²) in [4.78, 5) is 29.2. The van der Waals surface area contributed by atoms with Gasteiger partial charge in [-0.1, -0.05) is 35.3 Å². The van der Waals surface area contributed by atoms with E-state index in [4.69, 9.17) is 27.9 Å². The number of aryl methyl sites for hydroxylation is 1. The lowest BCUT2D eigenvalue weighted by Crippen LogP contribution is -2.20. The standard InChI is InChI=1S/C26H18Br2Cl2N4O3S/c1-14-32-23(13-38-14)16-2-4-17(5-3-16)26(36)34-31-11-15-8-19(27)25(20(28)9-15)37-12-24(35)33-18-6-7-21(29)22(30)10-18/h2-11,13H,12H2,1H3,(H,33,35)(H,34,36)/b31-11+. The molecule has 0 bridgehead atoms. The highest BCUT2D eigenvalue weighted by atomic mass is 79.9. The summed E-state index contributed by atoms with van der Waals surface area (Å²) in [5.74, 6) is -0.274. The quantitative estimate of drug-likeness (QED) is 0.146. The summed E-state index contributed by atoms with van der Waals surface area (Å²) in [6.45, 7) is 1.72. The number of anilines is 1. The van der Waals surface area contributed by atoms with Crippen LogP contribution in [0.25, 0.3) is 11.3 Å². The average molecular weight is 697 g/mol. The van der Waals surface area contributed by atoms with Crippen LogP contribution in [0.3, 0.4) is 0 Å². The van der Waals surface area contributed by atoms with Crippen LogP contribution in [0.15, 0.2) is 74.0 Å². The molecule has 2 N–H and O–H groups in total. The monoisotopic (exact) mass is 694 g/mol. The summed E-state index contributed by atoms with van der Waals surface area (Å²) in [6.07, 6.45) is 1.50. The number of rotatable bonds is 8. The molecular formula is C26H18Br2Cl2N4O3S. The zero-order valence-electron chi connectivity index (χ0n) is 19.6. The lowest BCUT2D eigenvalue weighted by atomic mass is 10.1. The third-order valence-corrected chi connectivity index (χ3v) is 7.70. The Balaban J connectivity index is 1.32. The maximum Gasteiger partial charge on any atom is 0.271 e. The summed E-state index contributed by atoms with van der Waals surface area (Å²) < 4.78 is 6.86. The van der Waals surface area contributed by atoms with E-state index in [1.807, 2.05) is 24.4 Å². The van der Waals surface area contributed by atoms with Crippen molar-refractivity contribution < 1.29 is 14.3 Å². The molecule has 0 aliphatic carbocycles. The van der Waals surface area contributed by atoms with Crippen molar-refractivity contribution in [1.29, 1.82) is 0 Å². The molecule has 7 nitrogen and oxygen atoms in total. The maximum absolute atomic E-state index is 12.5. The van der Waals surface area contributed by atoms with Crippen LogP contribution < -0.4 is 15.5 Å². The number of hydrogen-bond acceptors (Lipinski definition) is 6. The van der Waals surface area contributed by atoms with E-state index >= 15 is 0 Å². The molecule has 12 heteroatoms. The highest BCUT2D eigenvalue weighted by Crippen LogP contribution is 2.34. The van der Waals surface area contributed by atoms with Crippen LogP contribution in [-0.2, 0) is 4.79 Å². The third-order valence-electron chi connectivity index (χ3n) is 5.01. The minimum Gasteiger partial charge on any atom is -0.481 e. The van der Waals surface area contributed by atoms with Crippen molar-refractivity contribution in [2.75, 3.05) is 11.9 Å². The minimum absolute atomic E-state index is 0.234. The Morgan fingerprint density at radius 3 is 2.39 bits per heavy atom. The topological polar surface area (TPSA) is 92.7 Å². The minimum atomic E-state index is -0.370. The molecule has 0 aliphatic heterocycles. The molecule has 0 saturated heterocycles. The van der Waals surface area contributed by atoms with Gasteiger partial charge in [-0.05, 0) is 86.8 Å². The van der Waals surface area contributed by atoms with Crippen LogP contribution in [0.4, 0.5) is 5.69 Å². The first-order chi connectivity index (χ1) is 18.2. The van der Waals surface area contributed by atoms with E-state index in [1.165, 1.54) is 6.21 Å². The predicted molar refractivity (Wildman–Crippen MR) is 160 cm³/mol. The Morgan fingerprint density at radius 1 is 1.05 bits per heavy atom. The van der Waals surface area contributed by atoms with Crippen molar-refractivity contribution in [3.8, 4) is 17.0 Å². The number of aromatic nitrogens is 1. The molecule has 38 heavy (non-hydrogen) atoms. The van der Waals surface area contributed by atoms with Gasteiger partial charge in [0.25, 0.3) is 11.8 Å². The van der Waals surface area contributed by atoms with Gasteiger partial charge in [0.1, 0.15) is 5.75 Å². The lowest BCUT2D eigenvalue weighted by molar-refractivity contribution is -0.118. The first-order valence-electron chi connectivity index (χ1n) is 10.9. The number of amides is 2. The molecule has 1 aromatic heterocycles. The average Bonchev–Trinajstić information content (AvgIpc) is 3.32. The normalized spacial score (nSPS) is 11.0. The fraction of sp³-hybridized carbons (Fsp3) is 0.0769. The van der Waals surface area contributed by atoms with Crippen LogP contribution in [0.2, 0.25) is 10.0 Å². The molecular weight excluding hydrogens is 679 g/mol. The molecule has 2 amide bonds. The lowest BCUT2D eigenvalue weighted by Gasteiger charge is -2.12. The summed E-state index contributed by atoms with van der Waals surface area (Å²) in [6, 6.07) is 15.4. The second-order valence-corrected chi connectivity index (χ2v) is 11.4. The number of carbonyl (C=O) groups is 2. The first-order valence-corrected chi connectivity index (χ1v) is 14.1. The summed E-state index contributed by atoms with van der Waals surface area (Å²) in [5.41, 5.74) is 6.01. The van der Waals surface area contributed by atoms with Crippen molar-refractivity contribution in [2.24, 2.45) is 5.10 Å². The smallest absolute Gasteiger partial charge is 0.271 e. The van der Waals surface area contributed by atoms with Crippen molar-refractivity contribution >= 4 is 90.1 Å². The van der Waals surface area contributed by atoms with Gasteiger partial charge in [0.05, 0.1) is 35.9 Å². The Bertz CT molecular complexity index is 1500. The number of ether oxygens (including phenoxy) is 1. The van der Waals surface area contributed by atoms with E-state index in [2.05, 4.69) is 52.7 Å². The highest BCUT2D eigenvalue weighted by Gasteiger charge is 2.12. The van der Waals surface area contributed by atoms with Crippen molar-refractivity contribution in [3.05, 3.63) is 95.1 Å². The van der Waals surface area contributed by atoms with Crippen molar-refractivity contribution in [2.45, 2.75) is 6.92 Å². The second kappa shape index (κ2) is 12.9. The second-order valence-electron chi connectivity index (χ2n) is 7.81. The van der Waals surface area contributed by atoms with E-state index in [-0.39, 0.29) is 18.4 Å². The van der Waals surface area contributed by atoms with E-state index in [9.17, 15) is 9.59 Å². The molecule has 0 fully saturated rings. The molecule has 0 saturated carbocycles. The maximum atomic E-state index is 12.5. The number of nitrogens with one attached hydrogen (secondary N) is 2. The number of halogens is 4. The predicted octanol–water partition coefficient (Wildman–Crippen LogP) is 7.73. The van der Waals surface area contributed by atoms with Gasteiger partial charge >= 0.3 is 0 Å². The Morgan fingerprint density at radius 2 is 1.76 bits per heavy atom. The van der Waals surface area contributed by atoms with Gasteiger partial charge in [-0.2, -0.15) is 5.10 Å². The Kier molecular flexibility index (Phi) is 9.56. The molecule has 0 aliphatic rings. The number of thiazole rings is 1. The molecule has 194 valence electrons. The van der Waals surface area contributed by atoms with Gasteiger partial charge < -0.3 is 10.1 Å². The first kappa shape index (κ1) is 28.3. The number of carbonyl (C=O) groups excluding carboxylic acids is 2. The Labute approximate surface area is 249 Å². The van der Waals surface area contributed by atoms with Crippen LogP contribution in [0.5, 0.6) is 5.75 Å². The third kappa shape index (κ3) is 7.42. The molecule has 3 aromatic carbocycles. The molecule has 0 radical (unpaired) electrons. The number of hydrazone groups is 1. The van der Waals surface area contributed by atoms with Crippen LogP contribution in [0.1, 0.15) is 20.9 Å². The van der Waals surface area contributed by atoms with Gasteiger partial charge in [0.2, 0.25) is 0 Å². The fourth-order valence-corrected chi connectivity index (χ4v) is 5.59. The van der Waals surface area contributed by atoms with Gasteiger partial charge in [-0.15, -0.1) is 11.3 Å². The largest absolute Gasteiger partial charge is 0.481 e. The summed E-state index contributed by atoms with van der Waals surface area (Å²) >= 11 is 20.3. The molecule has 1 heterocycles. The van der Waals surface area contributed by atoms with Gasteiger partial charge in [0.15, 0.2) is 6.61 Å². The molecule has 0 unspecified atom stereocenters. The number of benzene rings is 3. The summed E-state index contributed by atoms with van der Waals surface area (Å²) in [7, 11) is 0. The molecule has 4 rings (SSSR count). The highest BCUT2D eigenvalue weighted by molar-refractivity contribution is 9.11. The fourth-order valence-electron chi connectivity index (χ4n) is 3.22. The van der Waals surface area contributed by atoms with Crippen LogP contribution in [0, 0.1) is 6.92 Å². The summed E-state index contributed by atoms with van der Waals surface area (Å²) in [5, 5.41) is 10.4. The van der Waals surface area contributed by atoms with Gasteiger partial charge in [-0.25, -0.2) is 10.4 Å². The zero-order chi connectivity index (χ0) is 27.2. The van der Waals surface area contributed by atoms with E-state index in [0.717, 1.165) is 16.3 Å². The van der Waals surface area contributed by atoms with Crippen LogP contribution in [-0.4, -0.2) is 29.6 Å².